The van der Waals surface area contributed by atoms with Gasteiger partial charge in [0.2, 0.25) is 0 Å². The van der Waals surface area contributed by atoms with E-state index in [9.17, 15) is 0 Å². The minimum Gasteiger partial charge on any atom is -2.00 e. The molecule has 0 aromatic heterocycles. The van der Waals surface area contributed by atoms with E-state index in [2.05, 4.69) is 0 Å². The predicted molar refractivity (Wildman–Crippen MR) is 16.3 cm³/mol. The molecule has 0 rings (SSSR count). The average Bonchev–Trinajstić information content (AvgIpc) is 0. The van der Waals surface area contributed by atoms with Gasteiger partial charge in [-0.3, -0.25) is 0 Å². The Morgan fingerprint density at radius 2 is 0.273 bits per heavy atom. The van der Waals surface area contributed by atoms with E-state index in [1.54, 1.807) is 0 Å². The second-order valence-electron chi connectivity index (χ2n) is 0. The average molecular weight is 732 g/mol. The second-order valence-corrected chi connectivity index (χ2v) is 0. The van der Waals surface area contributed by atoms with Gasteiger partial charge < -0.3 is 38.3 Å². The summed E-state index contributed by atoms with van der Waals surface area (Å²) in [5.41, 5.74) is 0. The molecule has 0 amide bonds. The van der Waals surface area contributed by atoms with E-state index in [1.165, 1.54) is 0 Å². The van der Waals surface area contributed by atoms with Crippen LogP contribution in [0.5, 0.6) is 0 Å². The van der Waals surface area contributed by atoms with Crippen LogP contribution in [0.2, 0.25) is 0 Å². The van der Waals surface area contributed by atoms with Gasteiger partial charge in [-0.15, -0.1) is 0 Å². The van der Waals surface area contributed by atoms with Gasteiger partial charge in [-0.2, -0.15) is 0 Å². The number of hydrogen-bond acceptors (Lipinski definition) is 0. The Labute approximate surface area is 130 Å². The first kappa shape index (κ1) is 287. The quantitative estimate of drug-likeness (QED) is 0.259. The van der Waals surface area contributed by atoms with E-state index in [0.717, 1.165) is 0 Å². The standard InChI is InChI=1S/7O.2Pb.2Rh/q7*-2;;;2*+3. The fourth-order valence-electron chi connectivity index (χ4n) is 0. The van der Waals surface area contributed by atoms with Gasteiger partial charge in [0, 0.05) is 54.6 Å². The Bertz CT molecular complexity index is 14.4. The van der Waals surface area contributed by atoms with Crippen molar-refractivity contribution < 1.29 is 77.3 Å². The third-order valence-corrected chi connectivity index (χ3v) is 0. The van der Waals surface area contributed by atoms with Crippen molar-refractivity contribution in [2.45, 2.75) is 0 Å². The molecule has 0 fully saturated rings. The van der Waals surface area contributed by atoms with Crippen LogP contribution in [-0.2, 0) is 77.3 Å². The van der Waals surface area contributed by atoms with Crippen LogP contribution in [0.15, 0.2) is 0 Å². The number of hydrogen-bond donors (Lipinski definition) is 0. The van der Waals surface area contributed by atoms with E-state index >= 15 is 0 Å². The third kappa shape index (κ3) is 190. The summed E-state index contributed by atoms with van der Waals surface area (Å²) in [6.07, 6.45) is 0. The predicted octanol–water partition coefficient (Wildman–Crippen LogP) is -1.60. The largest absolute Gasteiger partial charge is 3.00 e. The van der Waals surface area contributed by atoms with Crippen molar-refractivity contribution in [2.24, 2.45) is 0 Å². The molecule has 11 heteroatoms. The van der Waals surface area contributed by atoms with Gasteiger partial charge in [-0.25, -0.2) is 0 Å². The van der Waals surface area contributed by atoms with Crippen molar-refractivity contribution in [1.29, 1.82) is 0 Å². The molecule has 0 heterocycles. The SMILES string of the molecule is [O-2].[O-2].[O-2].[O-2].[O-2].[O-2].[O-2].[Pb].[Pb].[Rh+3].[Rh+3]. The maximum atomic E-state index is 0. The Morgan fingerprint density at radius 3 is 0.273 bits per heavy atom. The van der Waals surface area contributed by atoms with Gasteiger partial charge in [-0.1, -0.05) is 0 Å². The minimum absolute atomic E-state index is 0. The number of rotatable bonds is 0. The van der Waals surface area contributed by atoms with Crippen LogP contribution in [0.1, 0.15) is 0 Å². The zero-order chi connectivity index (χ0) is 0. The van der Waals surface area contributed by atoms with Gasteiger partial charge in [0.25, 0.3) is 0 Å². The third-order valence-electron chi connectivity index (χ3n) is 0. The Morgan fingerprint density at radius 1 is 0.273 bits per heavy atom. The van der Waals surface area contributed by atoms with E-state index in [4.69, 9.17) is 0 Å². The molecule has 0 aliphatic heterocycles. The maximum Gasteiger partial charge on any atom is 3.00 e. The molecule has 8 radical (unpaired) electrons. The summed E-state index contributed by atoms with van der Waals surface area (Å²) < 4.78 is 0. The molecule has 0 unspecified atom stereocenters. The first-order valence-electron chi connectivity index (χ1n) is 0. The molecule has 0 saturated heterocycles. The molecule has 76 valence electrons. The summed E-state index contributed by atoms with van der Waals surface area (Å²) in [6, 6.07) is 0. The summed E-state index contributed by atoms with van der Waals surface area (Å²) in [4.78, 5) is 0. The van der Waals surface area contributed by atoms with Crippen molar-refractivity contribution in [3.8, 4) is 0 Å². The van der Waals surface area contributed by atoms with Crippen LogP contribution in [0.25, 0.3) is 0 Å². The van der Waals surface area contributed by atoms with E-state index in [1.807, 2.05) is 0 Å². The molecule has 0 bridgehead atoms. The second kappa shape index (κ2) is 226. The summed E-state index contributed by atoms with van der Waals surface area (Å²) in [5.74, 6) is 0. The summed E-state index contributed by atoms with van der Waals surface area (Å²) in [7, 11) is 0. The van der Waals surface area contributed by atoms with Crippen molar-refractivity contribution in [3.63, 3.8) is 0 Å². The van der Waals surface area contributed by atoms with Crippen LogP contribution in [0, 0.1) is 0 Å². The Kier molecular flexibility index (Phi) is 5900. The molecule has 0 aliphatic carbocycles. The zero-order valence-electron chi connectivity index (χ0n) is 4.52. The fourth-order valence-corrected chi connectivity index (χ4v) is 0. The van der Waals surface area contributed by atoms with Crippen LogP contribution >= 0.6 is 0 Å². The first-order chi connectivity index (χ1) is 0. The van der Waals surface area contributed by atoms with Gasteiger partial charge in [0.05, 0.1) is 0 Å². The van der Waals surface area contributed by atoms with Crippen LogP contribution in [0.3, 0.4) is 0 Å². The molecule has 0 atom stereocenters. The maximum absolute atomic E-state index is 0. The topological polar surface area (TPSA) is 200 Å². The Hall–Kier alpha value is 2.81. The monoisotopic (exact) mass is 734 g/mol. The van der Waals surface area contributed by atoms with E-state index < -0.39 is 0 Å². The smallest absolute Gasteiger partial charge is 2.00 e. The van der Waals surface area contributed by atoms with E-state index in [-0.39, 0.29) is 132 Å². The molecule has 0 aromatic carbocycles. The molecule has 0 spiro atoms. The van der Waals surface area contributed by atoms with E-state index in [0.29, 0.717) is 0 Å². The molecular weight excluding hydrogens is 732 g/mol. The van der Waals surface area contributed by atoms with Gasteiger partial charge in [-0.05, 0) is 0 Å². The first-order valence-corrected chi connectivity index (χ1v) is 0. The summed E-state index contributed by atoms with van der Waals surface area (Å²) in [5, 5.41) is 0. The zero-order valence-corrected chi connectivity index (χ0v) is 15.6. The molecule has 7 nitrogen and oxygen atoms in total. The molecule has 0 aliphatic rings. The molecule has 0 aromatic rings. The fraction of sp³-hybridized carbons (Fsp3) is 0. The van der Waals surface area contributed by atoms with Gasteiger partial charge in [0.1, 0.15) is 0 Å². The summed E-state index contributed by atoms with van der Waals surface area (Å²) in [6.45, 7) is 0. The van der Waals surface area contributed by atoms with Crippen LogP contribution in [-0.4, -0.2) is 54.6 Å². The van der Waals surface area contributed by atoms with Crippen molar-refractivity contribution >= 4 is 54.6 Å². The van der Waals surface area contributed by atoms with Crippen LogP contribution in [0.4, 0.5) is 0 Å². The molecule has 0 saturated carbocycles. The molecular formula is O7Pb2Rh2-8. The normalized spacial score (nSPS) is 0. The Balaban J connectivity index is 0. The molecule has 11 heavy (non-hydrogen) atoms. The molecule has 0 N–H and O–H groups in total. The van der Waals surface area contributed by atoms with Gasteiger partial charge in [0.15, 0.2) is 0 Å². The summed E-state index contributed by atoms with van der Waals surface area (Å²) >= 11 is 0. The van der Waals surface area contributed by atoms with Crippen molar-refractivity contribution in [2.75, 3.05) is 0 Å². The van der Waals surface area contributed by atoms with Gasteiger partial charge >= 0.3 is 39.0 Å². The van der Waals surface area contributed by atoms with Crippen LogP contribution < -0.4 is 0 Å². The van der Waals surface area contributed by atoms with Crippen molar-refractivity contribution in [3.05, 3.63) is 0 Å². The van der Waals surface area contributed by atoms with Crippen molar-refractivity contribution in [1.82, 2.24) is 0 Å². The minimum atomic E-state index is 0.